The van der Waals surface area contributed by atoms with E-state index in [9.17, 15) is 22.8 Å². The Morgan fingerprint density at radius 2 is 1.81 bits per heavy atom. The molecule has 1 saturated heterocycles. The molecule has 2 heterocycles. The fraction of sp³-hybridized carbons (Fsp3) is 0.227. The van der Waals surface area contributed by atoms with E-state index >= 15 is 0 Å². The Labute approximate surface area is 185 Å². The standard InChI is InChI=1S/C22H15ClF3N3O3/c1-12-11-21(12)19(30)28(13-5-7-14(8-6-13)32-22(24,25)26)20(31)29(21)17-9-10-27-18-15(17)3-2-4-16(18)23/h2-10,12H,11H2,1H3. The van der Waals surface area contributed by atoms with Crippen LogP contribution >= 0.6 is 11.6 Å². The molecule has 1 aliphatic heterocycles. The van der Waals surface area contributed by atoms with E-state index in [-0.39, 0.29) is 11.6 Å². The van der Waals surface area contributed by atoms with Crippen molar-refractivity contribution < 1.29 is 27.5 Å². The van der Waals surface area contributed by atoms with E-state index in [1.165, 1.54) is 23.2 Å². The van der Waals surface area contributed by atoms with E-state index in [0.717, 1.165) is 17.0 Å². The van der Waals surface area contributed by atoms with Gasteiger partial charge in [-0.1, -0.05) is 30.7 Å². The van der Waals surface area contributed by atoms with Gasteiger partial charge in [-0.15, -0.1) is 13.2 Å². The lowest BCUT2D eigenvalue weighted by molar-refractivity contribution is -0.274. The molecular formula is C22H15ClF3N3O3. The van der Waals surface area contributed by atoms with Gasteiger partial charge in [-0.25, -0.2) is 9.69 Å². The SMILES string of the molecule is CC1CC12C(=O)N(c1ccc(OC(F)(F)F)cc1)C(=O)N2c1ccnc2c(Cl)cccc12. The highest BCUT2D eigenvalue weighted by atomic mass is 35.5. The molecule has 3 amide bonds. The number of ether oxygens (including phenoxy) is 1. The number of halogens is 4. The van der Waals surface area contributed by atoms with Crippen LogP contribution in [-0.4, -0.2) is 28.8 Å². The number of amides is 3. The van der Waals surface area contributed by atoms with Crippen LogP contribution in [0, 0.1) is 5.92 Å². The van der Waals surface area contributed by atoms with E-state index in [4.69, 9.17) is 11.6 Å². The number of pyridine rings is 1. The van der Waals surface area contributed by atoms with Crippen molar-refractivity contribution in [2.45, 2.75) is 25.2 Å². The van der Waals surface area contributed by atoms with Crippen molar-refractivity contribution in [3.8, 4) is 5.75 Å². The summed E-state index contributed by atoms with van der Waals surface area (Å²) in [5, 5.41) is 1.03. The zero-order valence-electron chi connectivity index (χ0n) is 16.6. The first kappa shape index (κ1) is 20.6. The number of carbonyl (C=O) groups excluding carboxylic acids is 2. The van der Waals surface area contributed by atoms with Crippen molar-refractivity contribution in [3.63, 3.8) is 0 Å². The van der Waals surface area contributed by atoms with E-state index in [1.807, 2.05) is 6.92 Å². The van der Waals surface area contributed by atoms with Gasteiger partial charge in [-0.05, 0) is 48.7 Å². The minimum atomic E-state index is -4.84. The Morgan fingerprint density at radius 1 is 1.12 bits per heavy atom. The van der Waals surface area contributed by atoms with Crippen LogP contribution in [0.4, 0.5) is 29.3 Å². The molecule has 0 bridgehead atoms. The molecule has 1 saturated carbocycles. The molecule has 2 aromatic carbocycles. The average molecular weight is 462 g/mol. The Hall–Kier alpha value is -3.33. The number of benzene rings is 2. The molecule has 5 rings (SSSR count). The van der Waals surface area contributed by atoms with Gasteiger partial charge in [0, 0.05) is 11.6 Å². The number of alkyl halides is 3. The predicted molar refractivity (Wildman–Crippen MR) is 112 cm³/mol. The second-order valence-electron chi connectivity index (χ2n) is 7.80. The molecule has 1 spiro atoms. The number of nitrogens with zero attached hydrogens (tertiary/aromatic N) is 3. The quantitative estimate of drug-likeness (QED) is 0.480. The summed E-state index contributed by atoms with van der Waals surface area (Å²) in [6, 6.07) is 10.9. The van der Waals surface area contributed by atoms with Crippen molar-refractivity contribution in [2.75, 3.05) is 9.80 Å². The Morgan fingerprint density at radius 3 is 2.44 bits per heavy atom. The molecule has 2 unspecified atom stereocenters. The molecule has 0 N–H and O–H groups in total. The summed E-state index contributed by atoms with van der Waals surface area (Å²) in [5.74, 6) is -0.966. The lowest BCUT2D eigenvalue weighted by atomic mass is 10.1. The third-order valence-electron chi connectivity index (χ3n) is 5.90. The number of carbonyl (C=O) groups is 2. The molecule has 164 valence electrons. The molecule has 0 radical (unpaired) electrons. The number of aromatic nitrogens is 1. The molecular weight excluding hydrogens is 447 g/mol. The number of hydrogen-bond acceptors (Lipinski definition) is 4. The van der Waals surface area contributed by atoms with Crippen LogP contribution in [0.3, 0.4) is 0 Å². The smallest absolute Gasteiger partial charge is 0.406 e. The highest BCUT2D eigenvalue weighted by molar-refractivity contribution is 6.36. The number of para-hydroxylation sites is 1. The molecule has 1 aromatic heterocycles. The van der Waals surface area contributed by atoms with Crippen LogP contribution in [-0.2, 0) is 4.79 Å². The Kier molecular flexibility index (Phi) is 4.39. The van der Waals surface area contributed by atoms with E-state index < -0.39 is 29.6 Å². The molecule has 1 aliphatic carbocycles. The van der Waals surface area contributed by atoms with Crippen LogP contribution < -0.4 is 14.5 Å². The van der Waals surface area contributed by atoms with Gasteiger partial charge in [-0.2, -0.15) is 0 Å². The number of rotatable bonds is 3. The molecule has 3 aromatic rings. The number of fused-ring (bicyclic) bond motifs is 1. The molecule has 32 heavy (non-hydrogen) atoms. The molecule has 2 aliphatic rings. The average Bonchev–Trinajstić information content (AvgIpc) is 3.34. The fourth-order valence-corrected chi connectivity index (χ4v) is 4.55. The summed E-state index contributed by atoms with van der Waals surface area (Å²) >= 11 is 6.27. The largest absolute Gasteiger partial charge is 0.573 e. The summed E-state index contributed by atoms with van der Waals surface area (Å²) in [5.41, 5.74) is 0.101. The maximum Gasteiger partial charge on any atom is 0.573 e. The molecule has 2 atom stereocenters. The van der Waals surface area contributed by atoms with Crippen LogP contribution in [0.25, 0.3) is 10.9 Å². The first-order valence-corrected chi connectivity index (χ1v) is 10.1. The zero-order chi connectivity index (χ0) is 22.8. The van der Waals surface area contributed by atoms with Gasteiger partial charge in [0.1, 0.15) is 11.3 Å². The Balaban J connectivity index is 1.58. The minimum Gasteiger partial charge on any atom is -0.406 e. The summed E-state index contributed by atoms with van der Waals surface area (Å²) in [6.45, 7) is 1.87. The maximum atomic E-state index is 13.5. The van der Waals surface area contributed by atoms with Gasteiger partial charge >= 0.3 is 12.4 Å². The maximum absolute atomic E-state index is 13.5. The van der Waals surface area contributed by atoms with E-state index in [0.29, 0.717) is 28.0 Å². The summed E-state index contributed by atoms with van der Waals surface area (Å²) in [6.07, 6.45) is -2.85. The number of imide groups is 1. The van der Waals surface area contributed by atoms with Gasteiger partial charge in [0.15, 0.2) is 0 Å². The summed E-state index contributed by atoms with van der Waals surface area (Å²) in [4.78, 5) is 33.7. The Bertz CT molecular complexity index is 1260. The second kappa shape index (κ2) is 6.83. The van der Waals surface area contributed by atoms with E-state index in [2.05, 4.69) is 9.72 Å². The van der Waals surface area contributed by atoms with Crippen molar-refractivity contribution in [1.82, 2.24) is 4.98 Å². The lowest BCUT2D eigenvalue weighted by Crippen LogP contribution is -2.39. The van der Waals surface area contributed by atoms with E-state index in [1.54, 1.807) is 24.3 Å². The normalized spacial score (nSPS) is 22.8. The van der Waals surface area contributed by atoms with Crippen LogP contribution in [0.5, 0.6) is 5.75 Å². The van der Waals surface area contributed by atoms with Crippen molar-refractivity contribution in [2.24, 2.45) is 5.92 Å². The fourth-order valence-electron chi connectivity index (χ4n) is 4.33. The van der Waals surface area contributed by atoms with Gasteiger partial charge in [-0.3, -0.25) is 14.7 Å². The van der Waals surface area contributed by atoms with Crippen molar-refractivity contribution >= 4 is 45.8 Å². The summed E-state index contributed by atoms with van der Waals surface area (Å²) in [7, 11) is 0. The van der Waals surface area contributed by atoms with Gasteiger partial charge in [0.05, 0.1) is 21.9 Å². The third-order valence-corrected chi connectivity index (χ3v) is 6.20. The summed E-state index contributed by atoms with van der Waals surface area (Å²) < 4.78 is 41.2. The highest BCUT2D eigenvalue weighted by Gasteiger charge is 2.70. The first-order chi connectivity index (χ1) is 15.1. The molecule has 10 heteroatoms. The highest BCUT2D eigenvalue weighted by Crippen LogP contribution is 2.56. The lowest BCUT2D eigenvalue weighted by Gasteiger charge is -2.23. The van der Waals surface area contributed by atoms with Crippen LogP contribution in [0.15, 0.2) is 54.7 Å². The minimum absolute atomic E-state index is 0.0980. The van der Waals surface area contributed by atoms with Gasteiger partial charge in [0.2, 0.25) is 0 Å². The van der Waals surface area contributed by atoms with Crippen LogP contribution in [0.2, 0.25) is 5.02 Å². The zero-order valence-corrected chi connectivity index (χ0v) is 17.3. The number of hydrogen-bond donors (Lipinski definition) is 0. The topological polar surface area (TPSA) is 62.7 Å². The number of anilines is 2. The molecule has 6 nitrogen and oxygen atoms in total. The molecule has 2 fully saturated rings. The first-order valence-electron chi connectivity index (χ1n) is 9.71. The van der Waals surface area contributed by atoms with Crippen molar-refractivity contribution in [3.05, 3.63) is 59.8 Å². The second-order valence-corrected chi connectivity index (χ2v) is 8.20. The van der Waals surface area contributed by atoms with Gasteiger partial charge in [0.25, 0.3) is 5.91 Å². The third kappa shape index (κ3) is 2.99. The predicted octanol–water partition coefficient (Wildman–Crippen LogP) is 5.54. The monoisotopic (exact) mass is 461 g/mol. The van der Waals surface area contributed by atoms with Crippen molar-refractivity contribution in [1.29, 1.82) is 0 Å². The number of urea groups is 1. The van der Waals surface area contributed by atoms with Gasteiger partial charge < -0.3 is 4.74 Å². The van der Waals surface area contributed by atoms with Crippen LogP contribution in [0.1, 0.15) is 13.3 Å².